The molecule has 0 fully saturated rings. The van der Waals surface area contributed by atoms with Crippen LogP contribution >= 0.6 is 0 Å². The van der Waals surface area contributed by atoms with Crippen LogP contribution in [-0.4, -0.2) is 20.2 Å². The number of benzene rings is 1. The Morgan fingerprint density at radius 1 is 1.00 bits per heavy atom. The summed E-state index contributed by atoms with van der Waals surface area (Å²) in [5.41, 5.74) is 0. The van der Waals surface area contributed by atoms with E-state index in [2.05, 4.69) is 45.5 Å². The van der Waals surface area contributed by atoms with E-state index in [0.717, 1.165) is 0 Å². The maximum absolute atomic E-state index is 3.82. The average Bonchev–Trinajstić information content (AvgIpc) is 2.09. The van der Waals surface area contributed by atoms with Gasteiger partial charge in [0.25, 0.3) is 0 Å². The molecule has 0 atom stereocenters. The summed E-state index contributed by atoms with van der Waals surface area (Å²) in [4.78, 5) is 0. The molecule has 0 radical (unpaired) electrons. The Morgan fingerprint density at radius 2 is 1.55 bits per heavy atom. The second-order valence-electron chi connectivity index (χ2n) is 2.11. The second kappa shape index (κ2) is 4.41. The van der Waals surface area contributed by atoms with Gasteiger partial charge in [0, 0.05) is 0 Å². The summed E-state index contributed by atoms with van der Waals surface area (Å²) in [6.45, 7) is 7.64. The molecular weight excluding hydrogens is 242 g/mol. The van der Waals surface area contributed by atoms with Crippen LogP contribution in [0.1, 0.15) is 0 Å². The molecule has 1 aromatic carbocycles. The molecule has 0 heterocycles. The zero-order chi connectivity index (χ0) is 8.10. The van der Waals surface area contributed by atoms with Crippen molar-refractivity contribution in [3.63, 3.8) is 0 Å². The Balaban J connectivity index is 2.90. The van der Waals surface area contributed by atoms with Crippen LogP contribution in [0.5, 0.6) is 0 Å². The van der Waals surface area contributed by atoms with Crippen molar-refractivity contribution in [1.29, 1.82) is 0 Å². The van der Waals surface area contributed by atoms with Crippen LogP contribution in [0.15, 0.2) is 51.5 Å². The predicted octanol–water partition coefficient (Wildman–Crippen LogP) is 1.84. The molecule has 0 saturated heterocycles. The fourth-order valence-corrected chi connectivity index (χ4v) is 3.99. The van der Waals surface area contributed by atoms with E-state index in [0.29, 0.717) is 0 Å². The summed E-state index contributed by atoms with van der Waals surface area (Å²) in [6.07, 6.45) is 0. The summed E-state index contributed by atoms with van der Waals surface area (Å²) in [5.74, 6) is 0. The van der Waals surface area contributed by atoms with Crippen LogP contribution in [0.2, 0.25) is 0 Å². The molecule has 0 spiro atoms. The third-order valence-corrected chi connectivity index (χ3v) is 6.25. The summed E-state index contributed by atoms with van der Waals surface area (Å²) >= 11 is -1.44. The van der Waals surface area contributed by atoms with Crippen molar-refractivity contribution in [2.75, 3.05) is 0 Å². The van der Waals surface area contributed by atoms with E-state index in [1.165, 1.54) is 3.51 Å². The van der Waals surface area contributed by atoms with Gasteiger partial charge in [-0.3, -0.25) is 0 Å². The van der Waals surface area contributed by atoms with Gasteiger partial charge in [0.1, 0.15) is 0 Å². The van der Waals surface area contributed by atoms with Crippen molar-refractivity contribution in [3.8, 4) is 0 Å². The Morgan fingerprint density at radius 3 is 2.00 bits per heavy atom. The average molecular weight is 253 g/mol. The molecule has 0 aromatic heterocycles. The van der Waals surface area contributed by atoms with Gasteiger partial charge in [-0.1, -0.05) is 0 Å². The zero-order valence-electron chi connectivity index (χ0n) is 6.40. The molecule has 11 heavy (non-hydrogen) atoms. The third-order valence-electron chi connectivity index (χ3n) is 1.45. The van der Waals surface area contributed by atoms with Gasteiger partial charge in [0.2, 0.25) is 0 Å². The number of hydrogen-bond donors (Lipinski definition) is 0. The van der Waals surface area contributed by atoms with E-state index < -0.39 is 20.2 Å². The zero-order valence-corrected chi connectivity index (χ0v) is 8.96. The predicted molar refractivity (Wildman–Crippen MR) is 52.2 cm³/mol. The van der Waals surface area contributed by atoms with Gasteiger partial charge in [-0.25, -0.2) is 0 Å². The molecule has 0 saturated carbocycles. The van der Waals surface area contributed by atoms with Gasteiger partial charge in [-0.05, 0) is 0 Å². The summed E-state index contributed by atoms with van der Waals surface area (Å²) in [5, 5.41) is 0. The van der Waals surface area contributed by atoms with E-state index in [4.69, 9.17) is 0 Å². The van der Waals surface area contributed by atoms with Gasteiger partial charge in [0.15, 0.2) is 0 Å². The molecule has 0 bridgehead atoms. The molecule has 0 nitrogen and oxygen atoms in total. The summed E-state index contributed by atoms with van der Waals surface area (Å²) < 4.78 is 5.58. The summed E-state index contributed by atoms with van der Waals surface area (Å²) in [6, 6.07) is 10.5. The molecule has 0 amide bonds. The van der Waals surface area contributed by atoms with E-state index in [1.807, 2.05) is 6.07 Å². The second-order valence-corrected chi connectivity index (χ2v) is 7.99. The first-order valence-corrected chi connectivity index (χ1v) is 7.69. The first kappa shape index (κ1) is 8.61. The number of hydrogen-bond acceptors (Lipinski definition) is 0. The molecule has 56 valence electrons. The minimum atomic E-state index is -1.44. The quantitative estimate of drug-likeness (QED) is 0.721. The molecule has 0 aliphatic carbocycles. The van der Waals surface area contributed by atoms with Crippen molar-refractivity contribution in [1.82, 2.24) is 0 Å². The fraction of sp³-hybridized carbons (Fsp3) is 0. The van der Waals surface area contributed by atoms with Crippen LogP contribution in [0, 0.1) is 0 Å². The Bertz CT molecular complexity index is 230. The fourth-order valence-electron chi connectivity index (χ4n) is 0.885. The van der Waals surface area contributed by atoms with Crippen molar-refractivity contribution in [2.24, 2.45) is 0 Å². The molecule has 1 heteroatoms. The van der Waals surface area contributed by atoms with Crippen LogP contribution in [-0.2, 0) is 0 Å². The molecule has 0 unspecified atom stereocenters. The van der Waals surface area contributed by atoms with Gasteiger partial charge in [0.05, 0.1) is 0 Å². The van der Waals surface area contributed by atoms with E-state index in [9.17, 15) is 0 Å². The van der Waals surface area contributed by atoms with Gasteiger partial charge >= 0.3 is 75.3 Å². The van der Waals surface area contributed by atoms with Crippen molar-refractivity contribution in [3.05, 3.63) is 51.5 Å². The molecule has 0 aliphatic rings. The molecule has 1 aromatic rings. The normalized spacial score (nSPS) is 9.55. The van der Waals surface area contributed by atoms with Crippen LogP contribution in [0.25, 0.3) is 0 Å². The van der Waals surface area contributed by atoms with E-state index in [1.54, 1.807) is 0 Å². The molecular formula is C10H11Sb. The Hall–Kier alpha value is -0.482. The van der Waals surface area contributed by atoms with E-state index in [-0.39, 0.29) is 0 Å². The standard InChI is InChI=1S/C6H5.2C2H3.Sb/c1-2-4-6-5-3-1;2*1-2;/h1-5H;2*1H,2H2;. The molecule has 0 aliphatic heterocycles. The monoisotopic (exact) mass is 252 g/mol. The Kier molecular flexibility index (Phi) is 3.45. The van der Waals surface area contributed by atoms with Gasteiger partial charge in [-0.2, -0.15) is 0 Å². The van der Waals surface area contributed by atoms with Crippen LogP contribution < -0.4 is 3.51 Å². The molecule has 1 rings (SSSR count). The molecule has 0 N–H and O–H groups in total. The number of rotatable bonds is 3. The summed E-state index contributed by atoms with van der Waals surface area (Å²) in [7, 11) is 0. The van der Waals surface area contributed by atoms with Crippen molar-refractivity contribution < 1.29 is 0 Å². The van der Waals surface area contributed by atoms with Crippen molar-refractivity contribution >= 4 is 23.7 Å². The van der Waals surface area contributed by atoms with Gasteiger partial charge in [-0.15, -0.1) is 0 Å². The first-order chi connectivity index (χ1) is 5.38. The van der Waals surface area contributed by atoms with Gasteiger partial charge < -0.3 is 0 Å². The van der Waals surface area contributed by atoms with Crippen LogP contribution in [0.3, 0.4) is 0 Å². The SMILES string of the molecule is C=[CH][Sb]([CH]=C)[c]1ccccc1. The maximum atomic E-state index is 3.82. The van der Waals surface area contributed by atoms with Crippen LogP contribution in [0.4, 0.5) is 0 Å². The van der Waals surface area contributed by atoms with Crippen molar-refractivity contribution in [2.45, 2.75) is 0 Å². The topological polar surface area (TPSA) is 0 Å². The third kappa shape index (κ3) is 2.23. The minimum absolute atomic E-state index is 1.43. The Labute approximate surface area is 75.2 Å². The van der Waals surface area contributed by atoms with E-state index >= 15 is 0 Å². The first-order valence-electron chi connectivity index (χ1n) is 3.47.